The molecule has 2 aromatic carbocycles. The van der Waals surface area contributed by atoms with E-state index in [0.717, 1.165) is 37.2 Å². The molecule has 2 saturated heterocycles. The fourth-order valence-corrected chi connectivity index (χ4v) is 5.29. The molecule has 0 amide bonds. The van der Waals surface area contributed by atoms with Crippen LogP contribution in [-0.2, 0) is 28.4 Å². The second-order valence-corrected chi connectivity index (χ2v) is 11.4. The molecular weight excluding hydrogens is 528 g/mol. The summed E-state index contributed by atoms with van der Waals surface area (Å²) in [7, 11) is 0. The van der Waals surface area contributed by atoms with Crippen molar-refractivity contribution in [2.24, 2.45) is 0 Å². The molecule has 4 rings (SSSR count). The zero-order chi connectivity index (χ0) is 28.9. The van der Waals surface area contributed by atoms with Crippen LogP contribution in [0.3, 0.4) is 0 Å². The molecule has 0 radical (unpaired) electrons. The van der Waals surface area contributed by atoms with Crippen LogP contribution in [0.15, 0.2) is 72.8 Å². The van der Waals surface area contributed by atoms with E-state index in [4.69, 9.17) is 28.4 Å². The minimum atomic E-state index is -0.260. The van der Waals surface area contributed by atoms with Gasteiger partial charge in [-0.1, -0.05) is 111 Å². The molecule has 0 saturated carbocycles. The van der Waals surface area contributed by atoms with Crippen molar-refractivity contribution in [3.63, 3.8) is 0 Å². The lowest BCUT2D eigenvalue weighted by atomic mass is 10.1. The molecule has 0 N–H and O–H groups in total. The zero-order valence-electron chi connectivity index (χ0n) is 25.4. The van der Waals surface area contributed by atoms with Gasteiger partial charge in [-0.05, 0) is 38.5 Å². The van der Waals surface area contributed by atoms with Gasteiger partial charge in [0.1, 0.15) is 12.2 Å². The van der Waals surface area contributed by atoms with Gasteiger partial charge >= 0.3 is 0 Å². The first-order valence-electron chi connectivity index (χ1n) is 16.3. The monoisotopic (exact) mass is 580 g/mol. The van der Waals surface area contributed by atoms with Crippen LogP contribution in [0.1, 0.15) is 101 Å². The molecule has 2 fully saturated rings. The summed E-state index contributed by atoms with van der Waals surface area (Å²) in [5.41, 5.74) is 2.14. The molecule has 42 heavy (non-hydrogen) atoms. The Hall–Kier alpha value is -2.06. The molecule has 6 nitrogen and oxygen atoms in total. The summed E-state index contributed by atoms with van der Waals surface area (Å²) in [6.45, 7) is 3.99. The van der Waals surface area contributed by atoms with Crippen molar-refractivity contribution in [2.75, 3.05) is 39.6 Å². The minimum absolute atomic E-state index is 0.0516. The molecule has 0 unspecified atom stereocenters. The lowest BCUT2D eigenvalue weighted by Crippen LogP contribution is -2.33. The van der Waals surface area contributed by atoms with Crippen LogP contribution < -0.4 is 0 Å². The first-order chi connectivity index (χ1) is 20.9. The number of benzene rings is 2. The van der Waals surface area contributed by atoms with Crippen molar-refractivity contribution < 1.29 is 28.4 Å². The smallest absolute Gasteiger partial charge is 0.184 e. The van der Waals surface area contributed by atoms with Crippen LogP contribution in [0.25, 0.3) is 0 Å². The van der Waals surface area contributed by atoms with Gasteiger partial charge < -0.3 is 28.4 Å². The number of ether oxygens (including phenoxy) is 6. The Morgan fingerprint density at radius 3 is 1.24 bits per heavy atom. The highest BCUT2D eigenvalue weighted by Crippen LogP contribution is 2.25. The Balaban J connectivity index is 0.849. The molecule has 6 heteroatoms. The van der Waals surface area contributed by atoms with E-state index in [9.17, 15) is 0 Å². The van der Waals surface area contributed by atoms with E-state index in [0.29, 0.717) is 26.4 Å². The largest absolute Gasteiger partial charge is 0.373 e. The highest BCUT2D eigenvalue weighted by molar-refractivity contribution is 5.17. The van der Waals surface area contributed by atoms with Gasteiger partial charge in [0.25, 0.3) is 0 Å². The Morgan fingerprint density at radius 2 is 0.833 bits per heavy atom. The first-order valence-corrected chi connectivity index (χ1v) is 16.3. The summed E-state index contributed by atoms with van der Waals surface area (Å²) in [5.74, 6) is 0. The van der Waals surface area contributed by atoms with Crippen LogP contribution in [0.4, 0.5) is 0 Å². The Morgan fingerprint density at radius 1 is 0.476 bits per heavy atom. The van der Waals surface area contributed by atoms with Gasteiger partial charge in [0.2, 0.25) is 0 Å². The van der Waals surface area contributed by atoms with E-state index in [1.807, 2.05) is 60.7 Å². The Labute approximate surface area is 253 Å². The standard InChI is InChI=1S/C36H52O6/c1(3-5-7-9-11-19-25-37-33-27-39-35(40-28-33)31-21-15-13-16-22-31)2-4-6-8-10-12-20-26-38-34-29-41-36(42-30-34)32-23-17-14-18-24-32/h1-2,13-18,21-24,33-36H,3-12,19-20,25-30H2. The SMILES string of the molecule is C(=CCCCCCCCOC1COC(c2ccccc2)OC1)CCCCCCCOC1COC(c2ccccc2)OC1. The summed E-state index contributed by atoms with van der Waals surface area (Å²) < 4.78 is 35.2. The van der Waals surface area contributed by atoms with Crippen molar-refractivity contribution in [3.8, 4) is 0 Å². The van der Waals surface area contributed by atoms with E-state index < -0.39 is 0 Å². The quantitative estimate of drug-likeness (QED) is 0.116. The molecule has 2 heterocycles. The third-order valence-corrected chi connectivity index (χ3v) is 7.78. The average Bonchev–Trinajstić information content (AvgIpc) is 3.05. The zero-order valence-corrected chi connectivity index (χ0v) is 25.4. The molecule has 2 aliphatic rings. The molecule has 0 aliphatic carbocycles. The summed E-state index contributed by atoms with van der Waals surface area (Å²) in [4.78, 5) is 0. The summed E-state index contributed by atoms with van der Waals surface area (Å²) in [5, 5.41) is 0. The molecule has 2 aliphatic heterocycles. The van der Waals surface area contributed by atoms with Gasteiger partial charge in [-0.2, -0.15) is 0 Å². The fourth-order valence-electron chi connectivity index (χ4n) is 5.29. The molecule has 0 spiro atoms. The number of rotatable bonds is 20. The third-order valence-electron chi connectivity index (χ3n) is 7.78. The van der Waals surface area contributed by atoms with Crippen molar-refractivity contribution >= 4 is 0 Å². The van der Waals surface area contributed by atoms with Gasteiger partial charge in [-0.25, -0.2) is 0 Å². The Bertz CT molecular complexity index is 858. The molecule has 232 valence electrons. The van der Waals surface area contributed by atoms with Gasteiger partial charge in [0.05, 0.1) is 26.4 Å². The maximum absolute atomic E-state index is 5.95. The molecule has 0 bridgehead atoms. The topological polar surface area (TPSA) is 55.4 Å². The first kappa shape index (κ1) is 32.8. The second kappa shape index (κ2) is 20.8. The van der Waals surface area contributed by atoms with Gasteiger partial charge in [0.15, 0.2) is 12.6 Å². The summed E-state index contributed by atoms with van der Waals surface area (Å²) in [6.07, 6.45) is 19.1. The Kier molecular flexibility index (Phi) is 16.2. The lowest BCUT2D eigenvalue weighted by molar-refractivity contribution is -0.230. The molecule has 0 aromatic heterocycles. The van der Waals surface area contributed by atoms with Crippen LogP contribution in [0.5, 0.6) is 0 Å². The maximum Gasteiger partial charge on any atom is 0.184 e. The maximum atomic E-state index is 5.95. The van der Waals surface area contributed by atoms with Crippen molar-refractivity contribution in [1.82, 2.24) is 0 Å². The lowest BCUT2D eigenvalue weighted by Gasteiger charge is -2.29. The van der Waals surface area contributed by atoms with Gasteiger partial charge in [0, 0.05) is 24.3 Å². The van der Waals surface area contributed by atoms with E-state index in [1.54, 1.807) is 0 Å². The predicted octanol–water partition coefficient (Wildman–Crippen LogP) is 8.49. The van der Waals surface area contributed by atoms with Crippen molar-refractivity contribution in [1.29, 1.82) is 0 Å². The third kappa shape index (κ3) is 13.1. The predicted molar refractivity (Wildman–Crippen MR) is 166 cm³/mol. The second-order valence-electron chi connectivity index (χ2n) is 11.4. The van der Waals surface area contributed by atoms with Gasteiger partial charge in [-0.3, -0.25) is 0 Å². The highest BCUT2D eigenvalue weighted by Gasteiger charge is 2.24. The van der Waals surface area contributed by atoms with E-state index in [2.05, 4.69) is 12.2 Å². The van der Waals surface area contributed by atoms with E-state index >= 15 is 0 Å². The van der Waals surface area contributed by atoms with Gasteiger partial charge in [-0.15, -0.1) is 0 Å². The van der Waals surface area contributed by atoms with Crippen molar-refractivity contribution in [3.05, 3.63) is 83.9 Å². The number of allylic oxidation sites excluding steroid dienone is 2. The molecule has 2 aromatic rings. The number of hydrogen-bond acceptors (Lipinski definition) is 6. The van der Waals surface area contributed by atoms with E-state index in [-0.39, 0.29) is 24.8 Å². The van der Waals surface area contributed by atoms with E-state index in [1.165, 1.54) is 64.2 Å². The van der Waals surface area contributed by atoms with Crippen LogP contribution >= 0.6 is 0 Å². The molecule has 0 atom stereocenters. The highest BCUT2D eigenvalue weighted by atomic mass is 16.7. The fraction of sp³-hybridized carbons (Fsp3) is 0.611. The molecular formula is C36H52O6. The van der Waals surface area contributed by atoms with Crippen LogP contribution in [-0.4, -0.2) is 51.8 Å². The average molecular weight is 581 g/mol. The van der Waals surface area contributed by atoms with Crippen LogP contribution in [0, 0.1) is 0 Å². The normalized spacial score (nSPS) is 23.0. The minimum Gasteiger partial charge on any atom is -0.373 e. The van der Waals surface area contributed by atoms with Crippen LogP contribution in [0.2, 0.25) is 0 Å². The number of hydrogen-bond donors (Lipinski definition) is 0. The number of unbranched alkanes of at least 4 members (excludes halogenated alkanes) is 10. The summed E-state index contributed by atoms with van der Waals surface area (Å²) in [6, 6.07) is 20.2. The summed E-state index contributed by atoms with van der Waals surface area (Å²) >= 11 is 0. The van der Waals surface area contributed by atoms with Crippen molar-refractivity contribution in [2.45, 2.75) is 102 Å².